The highest BCUT2D eigenvalue weighted by atomic mass is 16.3. The maximum absolute atomic E-state index is 11.9. The molecular formula is C10H20N2O4. The first-order valence-electron chi connectivity index (χ1n) is 5.43. The first-order valence-corrected chi connectivity index (χ1v) is 5.43. The smallest absolute Gasteiger partial charge is 0.228 e. The lowest BCUT2D eigenvalue weighted by molar-refractivity contribution is -0.139. The van der Waals surface area contributed by atoms with E-state index >= 15 is 0 Å². The Bertz CT molecular complexity index is 235. The summed E-state index contributed by atoms with van der Waals surface area (Å²) in [6.07, 6.45) is 2.39. The Morgan fingerprint density at radius 1 is 1.25 bits per heavy atom. The third-order valence-electron chi connectivity index (χ3n) is 3.47. The zero-order valence-electron chi connectivity index (χ0n) is 9.28. The van der Waals surface area contributed by atoms with E-state index in [2.05, 4.69) is 5.32 Å². The van der Waals surface area contributed by atoms with Gasteiger partial charge in [0.05, 0.1) is 25.2 Å². The maximum atomic E-state index is 11.9. The van der Waals surface area contributed by atoms with Crippen molar-refractivity contribution in [1.82, 2.24) is 5.32 Å². The van der Waals surface area contributed by atoms with Crippen molar-refractivity contribution >= 4 is 5.91 Å². The van der Waals surface area contributed by atoms with Crippen molar-refractivity contribution < 1.29 is 20.1 Å². The van der Waals surface area contributed by atoms with Crippen LogP contribution in [0.5, 0.6) is 0 Å². The van der Waals surface area contributed by atoms with Gasteiger partial charge in [0, 0.05) is 6.54 Å². The molecule has 1 amide bonds. The third-order valence-corrected chi connectivity index (χ3v) is 3.47. The molecule has 0 spiro atoms. The summed E-state index contributed by atoms with van der Waals surface area (Å²) in [5, 5.41) is 29.8. The molecule has 1 aliphatic rings. The SMILES string of the molecule is NCC1(C(=O)NC(CO)(CO)CO)CCC1. The van der Waals surface area contributed by atoms with E-state index in [1.165, 1.54) is 0 Å². The van der Waals surface area contributed by atoms with Gasteiger partial charge in [0.2, 0.25) is 5.91 Å². The van der Waals surface area contributed by atoms with Gasteiger partial charge >= 0.3 is 0 Å². The molecule has 1 aliphatic carbocycles. The van der Waals surface area contributed by atoms with Crippen LogP contribution in [-0.4, -0.2) is 53.1 Å². The minimum atomic E-state index is -1.35. The first-order chi connectivity index (χ1) is 7.58. The number of nitrogens with two attached hydrogens (primary N) is 1. The van der Waals surface area contributed by atoms with Crippen LogP contribution >= 0.6 is 0 Å². The van der Waals surface area contributed by atoms with E-state index in [0.29, 0.717) is 12.8 Å². The Kier molecular flexibility index (Phi) is 4.26. The summed E-state index contributed by atoms with van der Waals surface area (Å²) in [7, 11) is 0. The summed E-state index contributed by atoms with van der Waals surface area (Å²) in [5.41, 5.74) is 3.63. The van der Waals surface area contributed by atoms with Gasteiger partial charge in [0.25, 0.3) is 0 Å². The van der Waals surface area contributed by atoms with Crippen LogP contribution in [-0.2, 0) is 4.79 Å². The number of hydrogen-bond donors (Lipinski definition) is 5. The normalized spacial score (nSPS) is 19.0. The first kappa shape index (κ1) is 13.4. The van der Waals surface area contributed by atoms with Gasteiger partial charge in [-0.05, 0) is 12.8 Å². The molecule has 6 heteroatoms. The van der Waals surface area contributed by atoms with Crippen LogP contribution < -0.4 is 11.1 Å². The summed E-state index contributed by atoms with van der Waals surface area (Å²) in [5.74, 6) is -0.293. The van der Waals surface area contributed by atoms with E-state index in [1.807, 2.05) is 0 Å². The van der Waals surface area contributed by atoms with E-state index in [4.69, 9.17) is 21.1 Å². The van der Waals surface area contributed by atoms with E-state index in [0.717, 1.165) is 6.42 Å². The molecule has 0 radical (unpaired) electrons. The molecule has 0 aromatic carbocycles. The van der Waals surface area contributed by atoms with Crippen molar-refractivity contribution in [2.45, 2.75) is 24.8 Å². The minimum Gasteiger partial charge on any atom is -0.394 e. The highest BCUT2D eigenvalue weighted by Crippen LogP contribution is 2.40. The predicted molar refractivity (Wildman–Crippen MR) is 57.5 cm³/mol. The van der Waals surface area contributed by atoms with Gasteiger partial charge < -0.3 is 26.4 Å². The largest absolute Gasteiger partial charge is 0.394 e. The molecule has 0 saturated heterocycles. The Morgan fingerprint density at radius 2 is 1.75 bits per heavy atom. The standard InChI is InChI=1S/C10H20N2O4/c11-4-9(2-1-3-9)8(16)12-10(5-13,6-14)7-15/h13-15H,1-7,11H2,(H,12,16). The Hall–Kier alpha value is -0.690. The lowest BCUT2D eigenvalue weighted by Crippen LogP contribution is -2.62. The van der Waals surface area contributed by atoms with Crippen LogP contribution in [0.15, 0.2) is 0 Å². The lowest BCUT2D eigenvalue weighted by Gasteiger charge is -2.42. The average molecular weight is 232 g/mol. The zero-order valence-corrected chi connectivity index (χ0v) is 9.28. The number of aliphatic hydroxyl groups is 3. The highest BCUT2D eigenvalue weighted by Gasteiger charge is 2.45. The van der Waals surface area contributed by atoms with Crippen molar-refractivity contribution in [3.8, 4) is 0 Å². The number of carbonyl (C=O) groups excluding carboxylic acids is 1. The van der Waals surface area contributed by atoms with Crippen molar-refractivity contribution in [3.63, 3.8) is 0 Å². The highest BCUT2D eigenvalue weighted by molar-refractivity contribution is 5.84. The van der Waals surface area contributed by atoms with Crippen molar-refractivity contribution in [3.05, 3.63) is 0 Å². The predicted octanol–water partition coefficient (Wildman–Crippen LogP) is -2.05. The molecule has 6 N–H and O–H groups in total. The molecule has 16 heavy (non-hydrogen) atoms. The molecule has 1 rings (SSSR count). The topological polar surface area (TPSA) is 116 Å². The van der Waals surface area contributed by atoms with Crippen LogP contribution in [0.1, 0.15) is 19.3 Å². The monoisotopic (exact) mass is 232 g/mol. The second-order valence-electron chi connectivity index (χ2n) is 4.55. The Morgan fingerprint density at radius 3 is 2.00 bits per heavy atom. The van der Waals surface area contributed by atoms with Crippen molar-refractivity contribution in [2.24, 2.45) is 11.1 Å². The molecule has 0 unspecified atom stereocenters. The second kappa shape index (κ2) is 5.09. The average Bonchev–Trinajstić information content (AvgIpc) is 2.25. The second-order valence-corrected chi connectivity index (χ2v) is 4.55. The molecule has 1 saturated carbocycles. The van der Waals surface area contributed by atoms with E-state index in [1.54, 1.807) is 0 Å². The Labute approximate surface area is 94.5 Å². The van der Waals surface area contributed by atoms with Gasteiger partial charge in [-0.3, -0.25) is 4.79 Å². The number of hydrogen-bond acceptors (Lipinski definition) is 5. The van der Waals surface area contributed by atoms with Crippen LogP contribution in [0.4, 0.5) is 0 Å². The quantitative estimate of drug-likeness (QED) is 0.361. The number of aliphatic hydroxyl groups excluding tert-OH is 3. The summed E-state index contributed by atoms with van der Waals surface area (Å²) >= 11 is 0. The van der Waals surface area contributed by atoms with Crippen molar-refractivity contribution in [2.75, 3.05) is 26.4 Å². The van der Waals surface area contributed by atoms with Crippen LogP contribution in [0.3, 0.4) is 0 Å². The molecule has 0 aliphatic heterocycles. The molecule has 0 heterocycles. The van der Waals surface area contributed by atoms with E-state index < -0.39 is 30.8 Å². The van der Waals surface area contributed by atoms with Gasteiger partial charge in [0.1, 0.15) is 5.54 Å². The van der Waals surface area contributed by atoms with Crippen molar-refractivity contribution in [1.29, 1.82) is 0 Å². The fourth-order valence-corrected chi connectivity index (χ4v) is 1.77. The van der Waals surface area contributed by atoms with Crippen LogP contribution in [0, 0.1) is 5.41 Å². The molecular weight excluding hydrogens is 212 g/mol. The zero-order chi connectivity index (χ0) is 12.2. The molecule has 6 nitrogen and oxygen atoms in total. The number of rotatable bonds is 6. The summed E-state index contributed by atoms with van der Waals surface area (Å²) in [4.78, 5) is 11.9. The van der Waals surface area contributed by atoms with Gasteiger partial charge in [-0.25, -0.2) is 0 Å². The molecule has 1 fully saturated rings. The fraction of sp³-hybridized carbons (Fsp3) is 0.900. The molecule has 0 aromatic rings. The molecule has 94 valence electrons. The van der Waals surface area contributed by atoms with Gasteiger partial charge in [0.15, 0.2) is 0 Å². The van der Waals surface area contributed by atoms with E-state index in [9.17, 15) is 4.79 Å². The van der Waals surface area contributed by atoms with Crippen LogP contribution in [0.2, 0.25) is 0 Å². The molecule has 0 aromatic heterocycles. The number of carbonyl (C=O) groups is 1. The summed E-state index contributed by atoms with van der Waals surface area (Å²) < 4.78 is 0. The number of nitrogens with one attached hydrogen (secondary N) is 1. The third kappa shape index (κ3) is 2.20. The van der Waals surface area contributed by atoms with Gasteiger partial charge in [-0.1, -0.05) is 6.42 Å². The summed E-state index contributed by atoms with van der Waals surface area (Å²) in [6.45, 7) is -1.28. The maximum Gasteiger partial charge on any atom is 0.228 e. The Balaban J connectivity index is 2.68. The van der Waals surface area contributed by atoms with Gasteiger partial charge in [-0.15, -0.1) is 0 Å². The fourth-order valence-electron chi connectivity index (χ4n) is 1.77. The van der Waals surface area contributed by atoms with Gasteiger partial charge in [-0.2, -0.15) is 0 Å². The molecule has 0 bridgehead atoms. The molecule has 0 atom stereocenters. The minimum absolute atomic E-state index is 0.247. The lowest BCUT2D eigenvalue weighted by atomic mass is 9.68. The van der Waals surface area contributed by atoms with Crippen LogP contribution in [0.25, 0.3) is 0 Å². The van der Waals surface area contributed by atoms with E-state index in [-0.39, 0.29) is 12.5 Å². The summed E-state index contributed by atoms with van der Waals surface area (Å²) in [6, 6.07) is 0. The number of amides is 1.